The van der Waals surface area contributed by atoms with Crippen molar-refractivity contribution in [2.24, 2.45) is 7.05 Å². The third kappa shape index (κ3) is 3.66. The zero-order valence-corrected chi connectivity index (χ0v) is 15.7. The van der Waals surface area contributed by atoms with E-state index in [0.717, 1.165) is 5.69 Å². The van der Waals surface area contributed by atoms with E-state index in [1.807, 2.05) is 6.07 Å². The molecule has 3 nitrogen and oxygen atoms in total. The van der Waals surface area contributed by atoms with E-state index in [1.165, 1.54) is 22.2 Å². The zero-order valence-electron chi connectivity index (χ0n) is 13.4. The van der Waals surface area contributed by atoms with Crippen molar-refractivity contribution >= 4 is 57.1 Å². The first-order chi connectivity index (χ1) is 11.4. The fraction of sp³-hybridized carbons (Fsp3) is 0.167. The van der Waals surface area contributed by atoms with Crippen molar-refractivity contribution in [3.63, 3.8) is 0 Å². The molecule has 6 heteroatoms. The molecule has 0 unspecified atom stereocenters. The number of halogens is 2. The minimum Gasteiger partial charge on any atom is -0.358 e. The Morgan fingerprint density at radius 1 is 1.08 bits per heavy atom. The van der Waals surface area contributed by atoms with Gasteiger partial charge in [0.25, 0.3) is 0 Å². The van der Waals surface area contributed by atoms with Gasteiger partial charge >= 0.3 is 0 Å². The van der Waals surface area contributed by atoms with Crippen molar-refractivity contribution in [2.45, 2.75) is 13.5 Å². The largest absolute Gasteiger partial charge is 0.358 e. The van der Waals surface area contributed by atoms with Crippen LogP contribution < -0.4 is 10.6 Å². The normalized spacial score (nSPS) is 10.8. The van der Waals surface area contributed by atoms with Gasteiger partial charge in [0.15, 0.2) is 5.11 Å². The predicted octanol–water partition coefficient (Wildman–Crippen LogP) is 5.28. The summed E-state index contributed by atoms with van der Waals surface area (Å²) in [5.74, 6) is 0. The lowest BCUT2D eigenvalue weighted by Crippen LogP contribution is -2.27. The van der Waals surface area contributed by atoms with E-state index in [4.69, 9.17) is 35.4 Å². The van der Waals surface area contributed by atoms with E-state index >= 15 is 0 Å². The van der Waals surface area contributed by atoms with Gasteiger partial charge in [-0.05, 0) is 61.1 Å². The number of aromatic nitrogens is 1. The minimum absolute atomic E-state index is 0.495. The van der Waals surface area contributed by atoms with Crippen LogP contribution in [-0.4, -0.2) is 9.68 Å². The van der Waals surface area contributed by atoms with E-state index in [9.17, 15) is 0 Å². The molecule has 124 valence electrons. The summed E-state index contributed by atoms with van der Waals surface area (Å²) < 4.78 is 2.18. The van der Waals surface area contributed by atoms with Crippen molar-refractivity contribution in [1.29, 1.82) is 0 Å². The number of aryl methyl sites for hydroxylation is 2. The molecule has 0 aliphatic carbocycles. The Hall–Kier alpha value is -1.75. The molecule has 0 saturated heterocycles. The average molecular weight is 378 g/mol. The molecule has 0 bridgehead atoms. The van der Waals surface area contributed by atoms with Crippen LogP contribution in [-0.2, 0) is 13.6 Å². The Balaban J connectivity index is 1.64. The molecule has 2 N–H and O–H groups in total. The number of anilines is 1. The van der Waals surface area contributed by atoms with Crippen molar-refractivity contribution in [3.05, 3.63) is 63.8 Å². The summed E-state index contributed by atoms with van der Waals surface area (Å²) in [7, 11) is 2.08. The molecule has 0 atom stereocenters. The highest BCUT2D eigenvalue weighted by Crippen LogP contribution is 2.25. The van der Waals surface area contributed by atoms with Crippen molar-refractivity contribution in [1.82, 2.24) is 9.88 Å². The van der Waals surface area contributed by atoms with Gasteiger partial charge in [0.2, 0.25) is 0 Å². The summed E-state index contributed by atoms with van der Waals surface area (Å²) in [6.45, 7) is 2.76. The minimum atomic E-state index is 0.495. The van der Waals surface area contributed by atoms with Crippen LogP contribution in [0.1, 0.15) is 11.3 Å². The molecular weight excluding hydrogens is 361 g/mol. The smallest absolute Gasteiger partial charge is 0.171 e. The maximum Gasteiger partial charge on any atom is 0.171 e. The molecule has 3 rings (SSSR count). The fourth-order valence-electron chi connectivity index (χ4n) is 2.58. The van der Waals surface area contributed by atoms with Crippen LogP contribution in [0.3, 0.4) is 0 Å². The second kappa shape index (κ2) is 7.01. The van der Waals surface area contributed by atoms with Crippen molar-refractivity contribution < 1.29 is 0 Å². The van der Waals surface area contributed by atoms with Crippen molar-refractivity contribution in [2.75, 3.05) is 5.32 Å². The Kier molecular flexibility index (Phi) is 4.99. The second-order valence-corrected chi connectivity index (χ2v) is 6.90. The first-order valence-corrected chi connectivity index (χ1v) is 8.65. The van der Waals surface area contributed by atoms with Gasteiger partial charge in [0.1, 0.15) is 0 Å². The Morgan fingerprint density at radius 2 is 1.88 bits per heavy atom. The Bertz CT molecular complexity index is 918. The standard InChI is InChI=1S/C18H17Cl2N3S/c1-11-7-13-8-12(3-6-17(13)23(11)2)10-21-18(24)22-14-4-5-15(19)16(20)9-14/h3-9H,10H2,1-2H3,(H2,21,22,24). The predicted molar refractivity (Wildman–Crippen MR) is 107 cm³/mol. The van der Waals surface area contributed by atoms with E-state index in [-0.39, 0.29) is 0 Å². The van der Waals surface area contributed by atoms with Gasteiger partial charge in [-0.15, -0.1) is 0 Å². The second-order valence-electron chi connectivity index (χ2n) is 5.67. The number of benzene rings is 2. The van der Waals surface area contributed by atoms with Gasteiger partial charge in [0, 0.05) is 35.9 Å². The molecule has 0 saturated carbocycles. The molecule has 0 amide bonds. The third-order valence-corrected chi connectivity index (χ3v) is 4.96. The molecule has 0 aliphatic rings. The lowest BCUT2D eigenvalue weighted by atomic mass is 10.1. The number of nitrogens with one attached hydrogen (secondary N) is 2. The summed E-state index contributed by atoms with van der Waals surface area (Å²) in [5, 5.41) is 9.10. The summed E-state index contributed by atoms with van der Waals surface area (Å²) in [4.78, 5) is 0. The van der Waals surface area contributed by atoms with E-state index in [2.05, 4.69) is 53.4 Å². The van der Waals surface area contributed by atoms with Gasteiger partial charge in [-0.2, -0.15) is 0 Å². The molecule has 0 spiro atoms. The van der Waals surface area contributed by atoms with E-state index in [1.54, 1.807) is 12.1 Å². The van der Waals surface area contributed by atoms with E-state index < -0.39 is 0 Å². The highest BCUT2D eigenvalue weighted by atomic mass is 35.5. The molecule has 1 aromatic heterocycles. The summed E-state index contributed by atoms with van der Waals surface area (Å²) in [6, 6.07) is 13.9. The van der Waals surface area contributed by atoms with Gasteiger partial charge < -0.3 is 15.2 Å². The monoisotopic (exact) mass is 377 g/mol. The summed E-state index contributed by atoms with van der Waals surface area (Å²) in [6.07, 6.45) is 0. The first kappa shape index (κ1) is 17.1. The molecule has 3 aromatic rings. The van der Waals surface area contributed by atoms with Gasteiger partial charge in [0.05, 0.1) is 10.0 Å². The molecule has 1 heterocycles. The van der Waals surface area contributed by atoms with Crippen LogP contribution in [0.5, 0.6) is 0 Å². The van der Waals surface area contributed by atoms with Gasteiger partial charge in [-0.1, -0.05) is 29.3 Å². The third-order valence-electron chi connectivity index (χ3n) is 3.98. The molecule has 24 heavy (non-hydrogen) atoms. The van der Waals surface area contributed by atoms with Crippen LogP contribution in [0.25, 0.3) is 10.9 Å². The molecule has 0 fully saturated rings. The highest BCUT2D eigenvalue weighted by molar-refractivity contribution is 7.80. The average Bonchev–Trinajstić information content (AvgIpc) is 2.83. The fourth-order valence-corrected chi connectivity index (χ4v) is 3.07. The molecule has 0 aliphatic heterocycles. The number of thiocarbonyl (C=S) groups is 1. The van der Waals surface area contributed by atoms with Crippen molar-refractivity contribution in [3.8, 4) is 0 Å². The number of hydrogen-bond acceptors (Lipinski definition) is 1. The number of nitrogens with zero attached hydrogens (tertiary/aromatic N) is 1. The maximum absolute atomic E-state index is 6.00. The lowest BCUT2D eigenvalue weighted by Gasteiger charge is -2.11. The quantitative estimate of drug-likeness (QED) is 0.608. The summed E-state index contributed by atoms with van der Waals surface area (Å²) in [5.41, 5.74) is 4.45. The topological polar surface area (TPSA) is 29.0 Å². The number of hydrogen-bond donors (Lipinski definition) is 2. The first-order valence-electron chi connectivity index (χ1n) is 7.49. The number of rotatable bonds is 3. The van der Waals surface area contributed by atoms with Crippen LogP contribution in [0.4, 0.5) is 5.69 Å². The lowest BCUT2D eigenvalue weighted by molar-refractivity contribution is 0.913. The maximum atomic E-state index is 6.00. The SMILES string of the molecule is Cc1cc2cc(CNC(=S)Nc3ccc(Cl)c(Cl)c3)ccc2n1C. The Morgan fingerprint density at radius 3 is 2.62 bits per heavy atom. The van der Waals surface area contributed by atoms with Crippen LogP contribution in [0.15, 0.2) is 42.5 Å². The highest BCUT2D eigenvalue weighted by Gasteiger charge is 2.05. The van der Waals surface area contributed by atoms with E-state index in [0.29, 0.717) is 21.7 Å². The van der Waals surface area contributed by atoms with Crippen LogP contribution in [0.2, 0.25) is 10.0 Å². The zero-order chi connectivity index (χ0) is 17.3. The molecule has 0 radical (unpaired) electrons. The van der Waals surface area contributed by atoms with Crippen LogP contribution in [0, 0.1) is 6.92 Å². The van der Waals surface area contributed by atoms with Gasteiger partial charge in [-0.25, -0.2) is 0 Å². The molecule has 2 aromatic carbocycles. The number of fused-ring (bicyclic) bond motifs is 1. The van der Waals surface area contributed by atoms with Crippen LogP contribution >= 0.6 is 35.4 Å². The Labute approximate surface area is 156 Å². The molecular formula is C18H17Cl2N3S. The van der Waals surface area contributed by atoms with Gasteiger partial charge in [-0.3, -0.25) is 0 Å². The summed E-state index contributed by atoms with van der Waals surface area (Å²) >= 11 is 17.2.